The zero-order valence-corrected chi connectivity index (χ0v) is 9.96. The number of fused-ring (bicyclic) bond motifs is 1. The van der Waals surface area contributed by atoms with Crippen molar-refractivity contribution in [3.63, 3.8) is 0 Å². The van der Waals surface area contributed by atoms with Crippen LogP contribution in [0.1, 0.15) is 5.56 Å². The maximum absolute atomic E-state index is 10.6. The first-order valence-corrected chi connectivity index (χ1v) is 5.57. The summed E-state index contributed by atoms with van der Waals surface area (Å²) in [5.41, 5.74) is 0.794. The molecule has 2 N–H and O–H groups in total. The molecule has 0 aromatic heterocycles. The minimum atomic E-state index is -1.36. The van der Waals surface area contributed by atoms with Crippen molar-refractivity contribution in [2.24, 2.45) is 0 Å². The molecule has 0 amide bonds. The van der Waals surface area contributed by atoms with Gasteiger partial charge in [0.25, 0.3) is 0 Å². The predicted octanol–water partition coefficient (Wildman–Crippen LogP) is 1.84. The zero-order chi connectivity index (χ0) is 13.1. The van der Waals surface area contributed by atoms with E-state index in [4.69, 9.17) is 9.84 Å². The van der Waals surface area contributed by atoms with Crippen molar-refractivity contribution in [1.29, 1.82) is 0 Å². The van der Waals surface area contributed by atoms with Gasteiger partial charge in [-0.2, -0.15) is 0 Å². The Morgan fingerprint density at radius 3 is 2.56 bits per heavy atom. The Balaban J connectivity index is 2.30. The lowest BCUT2D eigenvalue weighted by molar-refractivity contribution is -0.146. The fraction of sp³-hybridized carbons (Fsp3) is 0.214. The van der Waals surface area contributed by atoms with E-state index in [1.54, 1.807) is 7.11 Å². The lowest BCUT2D eigenvalue weighted by Gasteiger charge is -2.07. The van der Waals surface area contributed by atoms with E-state index in [9.17, 15) is 9.90 Å². The maximum Gasteiger partial charge on any atom is 0.332 e. The number of carboxylic acid groups (broad SMARTS) is 1. The second-order valence-electron chi connectivity index (χ2n) is 4.11. The Morgan fingerprint density at radius 2 is 1.89 bits per heavy atom. The Hall–Kier alpha value is -2.07. The van der Waals surface area contributed by atoms with Crippen LogP contribution in [0, 0.1) is 0 Å². The fourth-order valence-electron chi connectivity index (χ4n) is 1.84. The summed E-state index contributed by atoms with van der Waals surface area (Å²) in [4.78, 5) is 10.6. The molecular weight excluding hydrogens is 232 g/mol. The Morgan fingerprint density at radius 1 is 1.22 bits per heavy atom. The first-order chi connectivity index (χ1) is 8.60. The third-order valence-corrected chi connectivity index (χ3v) is 2.83. The normalized spacial score (nSPS) is 12.3. The number of hydrogen-bond donors (Lipinski definition) is 2. The van der Waals surface area contributed by atoms with Gasteiger partial charge in [0.05, 0.1) is 7.11 Å². The largest absolute Gasteiger partial charge is 0.497 e. The van der Waals surface area contributed by atoms with Crippen LogP contribution in [0.5, 0.6) is 5.75 Å². The summed E-state index contributed by atoms with van der Waals surface area (Å²) in [5.74, 6) is -0.425. The van der Waals surface area contributed by atoms with Crippen molar-refractivity contribution >= 4 is 16.7 Å². The van der Waals surface area contributed by atoms with Crippen molar-refractivity contribution in [2.75, 3.05) is 7.11 Å². The molecule has 0 aliphatic heterocycles. The standard InChI is InChI=1S/C14H14O4/c1-18-12-5-4-10-6-9(2-3-11(10)8-12)7-13(15)14(16)17/h2-6,8,13,15H,7H2,1H3,(H,16,17). The van der Waals surface area contributed by atoms with E-state index < -0.39 is 12.1 Å². The van der Waals surface area contributed by atoms with Crippen LogP contribution < -0.4 is 4.74 Å². The molecule has 0 saturated carbocycles. The smallest absolute Gasteiger partial charge is 0.332 e. The van der Waals surface area contributed by atoms with Crippen LogP contribution in [0.2, 0.25) is 0 Å². The topological polar surface area (TPSA) is 66.8 Å². The lowest BCUT2D eigenvalue weighted by Crippen LogP contribution is -2.21. The molecule has 0 bridgehead atoms. The predicted molar refractivity (Wildman–Crippen MR) is 67.8 cm³/mol. The molecule has 0 spiro atoms. The fourth-order valence-corrected chi connectivity index (χ4v) is 1.84. The summed E-state index contributed by atoms with van der Waals surface area (Å²) in [6, 6.07) is 11.2. The van der Waals surface area contributed by atoms with Gasteiger partial charge >= 0.3 is 5.97 Å². The van der Waals surface area contributed by atoms with Crippen LogP contribution in [-0.4, -0.2) is 29.4 Å². The minimum Gasteiger partial charge on any atom is -0.497 e. The number of carboxylic acids is 1. The summed E-state index contributed by atoms with van der Waals surface area (Å²) in [6.45, 7) is 0. The van der Waals surface area contributed by atoms with E-state index in [0.717, 1.165) is 22.1 Å². The van der Waals surface area contributed by atoms with Gasteiger partial charge in [-0.15, -0.1) is 0 Å². The molecule has 0 radical (unpaired) electrons. The van der Waals surface area contributed by atoms with Crippen molar-refractivity contribution in [3.05, 3.63) is 42.0 Å². The molecule has 0 fully saturated rings. The molecule has 2 aromatic carbocycles. The number of rotatable bonds is 4. The van der Waals surface area contributed by atoms with Crippen molar-refractivity contribution in [3.8, 4) is 5.75 Å². The summed E-state index contributed by atoms with van der Waals surface area (Å²) in [5, 5.41) is 20.0. The third kappa shape index (κ3) is 2.60. The summed E-state index contributed by atoms with van der Waals surface area (Å²) in [6.07, 6.45) is -1.25. The second-order valence-corrected chi connectivity index (χ2v) is 4.11. The molecule has 4 nitrogen and oxygen atoms in total. The lowest BCUT2D eigenvalue weighted by atomic mass is 10.0. The molecule has 94 valence electrons. The molecule has 1 unspecified atom stereocenters. The monoisotopic (exact) mass is 246 g/mol. The molecule has 0 aliphatic rings. The summed E-state index contributed by atoms with van der Waals surface area (Å²) >= 11 is 0. The van der Waals surface area contributed by atoms with Crippen LogP contribution >= 0.6 is 0 Å². The van der Waals surface area contributed by atoms with Gasteiger partial charge in [0, 0.05) is 6.42 Å². The van der Waals surface area contributed by atoms with Gasteiger partial charge in [-0.3, -0.25) is 0 Å². The average Bonchev–Trinajstić information content (AvgIpc) is 2.37. The number of aliphatic hydroxyl groups is 1. The van der Waals surface area contributed by atoms with Crippen LogP contribution in [0.15, 0.2) is 36.4 Å². The molecule has 0 saturated heterocycles. The van der Waals surface area contributed by atoms with E-state index in [2.05, 4.69) is 0 Å². The summed E-state index contributed by atoms with van der Waals surface area (Å²) in [7, 11) is 1.61. The number of aliphatic carboxylic acids is 1. The van der Waals surface area contributed by atoms with Gasteiger partial charge in [0.1, 0.15) is 5.75 Å². The minimum absolute atomic E-state index is 0.108. The molecule has 1 atom stereocenters. The van der Waals surface area contributed by atoms with Gasteiger partial charge in [-0.05, 0) is 28.5 Å². The van der Waals surface area contributed by atoms with Crippen LogP contribution in [0.3, 0.4) is 0 Å². The van der Waals surface area contributed by atoms with E-state index in [-0.39, 0.29) is 6.42 Å². The molecular formula is C14H14O4. The Kier molecular flexibility index (Phi) is 3.48. The zero-order valence-electron chi connectivity index (χ0n) is 9.96. The highest BCUT2D eigenvalue weighted by molar-refractivity contribution is 5.84. The quantitative estimate of drug-likeness (QED) is 0.863. The molecule has 0 heterocycles. The van der Waals surface area contributed by atoms with Crippen molar-refractivity contribution < 1.29 is 19.7 Å². The summed E-state index contributed by atoms with van der Waals surface area (Å²) < 4.78 is 5.13. The highest BCUT2D eigenvalue weighted by Crippen LogP contribution is 2.22. The SMILES string of the molecule is COc1ccc2cc(CC(O)C(=O)O)ccc2c1. The number of aliphatic hydroxyl groups excluding tert-OH is 1. The molecule has 4 heteroatoms. The van der Waals surface area contributed by atoms with Crippen molar-refractivity contribution in [1.82, 2.24) is 0 Å². The van der Waals surface area contributed by atoms with Gasteiger partial charge in [0.2, 0.25) is 0 Å². The molecule has 2 rings (SSSR count). The van der Waals surface area contributed by atoms with Crippen LogP contribution in [-0.2, 0) is 11.2 Å². The number of benzene rings is 2. The number of methoxy groups -OCH3 is 1. The van der Waals surface area contributed by atoms with E-state index in [0.29, 0.717) is 0 Å². The first kappa shape index (κ1) is 12.4. The molecule has 0 aliphatic carbocycles. The second kappa shape index (κ2) is 5.06. The van der Waals surface area contributed by atoms with Crippen LogP contribution in [0.4, 0.5) is 0 Å². The van der Waals surface area contributed by atoms with E-state index in [1.807, 2.05) is 36.4 Å². The van der Waals surface area contributed by atoms with E-state index >= 15 is 0 Å². The third-order valence-electron chi connectivity index (χ3n) is 2.83. The average molecular weight is 246 g/mol. The van der Waals surface area contributed by atoms with E-state index in [1.165, 1.54) is 0 Å². The van der Waals surface area contributed by atoms with Crippen LogP contribution in [0.25, 0.3) is 10.8 Å². The first-order valence-electron chi connectivity index (χ1n) is 5.57. The van der Waals surface area contributed by atoms with Crippen molar-refractivity contribution in [2.45, 2.75) is 12.5 Å². The highest BCUT2D eigenvalue weighted by Gasteiger charge is 2.13. The Labute approximate surface area is 104 Å². The van der Waals surface area contributed by atoms with Gasteiger partial charge < -0.3 is 14.9 Å². The van der Waals surface area contributed by atoms with Gasteiger partial charge in [0.15, 0.2) is 6.10 Å². The highest BCUT2D eigenvalue weighted by atomic mass is 16.5. The number of ether oxygens (including phenoxy) is 1. The Bertz CT molecular complexity index is 577. The molecule has 2 aromatic rings. The number of hydrogen-bond acceptors (Lipinski definition) is 3. The number of carbonyl (C=O) groups is 1. The van der Waals surface area contributed by atoms with Gasteiger partial charge in [-0.1, -0.05) is 24.3 Å². The molecule has 18 heavy (non-hydrogen) atoms. The maximum atomic E-state index is 10.6. The van der Waals surface area contributed by atoms with Gasteiger partial charge in [-0.25, -0.2) is 4.79 Å².